The molecule has 6 atom stereocenters. The van der Waals surface area contributed by atoms with Gasteiger partial charge in [0, 0.05) is 12.8 Å². The highest BCUT2D eigenvalue weighted by molar-refractivity contribution is 7.85. The van der Waals surface area contributed by atoms with E-state index in [1.54, 1.807) is 0 Å². The smallest absolute Gasteiger partial charge is 0.306 e. The van der Waals surface area contributed by atoms with E-state index in [0.29, 0.717) is 12.8 Å². The van der Waals surface area contributed by atoms with E-state index in [-0.39, 0.29) is 19.4 Å². The molecule has 1 rings (SSSR count). The predicted octanol–water partition coefficient (Wildman–Crippen LogP) is 9.67. The number of esters is 2. The summed E-state index contributed by atoms with van der Waals surface area (Å²) in [6, 6.07) is 0. The minimum Gasteiger partial charge on any atom is -0.462 e. The molecule has 1 aliphatic heterocycles. The van der Waals surface area contributed by atoms with Gasteiger partial charge in [-0.25, -0.2) is 0 Å². The molecule has 0 aromatic heterocycles. The lowest BCUT2D eigenvalue weighted by Gasteiger charge is -2.40. The Balaban J connectivity index is 2.49. The van der Waals surface area contributed by atoms with E-state index in [0.717, 1.165) is 51.4 Å². The van der Waals surface area contributed by atoms with E-state index in [9.17, 15) is 37.9 Å². The van der Waals surface area contributed by atoms with Crippen LogP contribution < -0.4 is 0 Å². The van der Waals surface area contributed by atoms with Crippen LogP contribution in [0.4, 0.5) is 0 Å². The van der Waals surface area contributed by atoms with Crippen LogP contribution in [0.3, 0.4) is 0 Å². The summed E-state index contributed by atoms with van der Waals surface area (Å²) < 4.78 is 53.9. The van der Waals surface area contributed by atoms with Crippen molar-refractivity contribution in [2.24, 2.45) is 0 Å². The van der Waals surface area contributed by atoms with Crippen molar-refractivity contribution in [2.45, 2.75) is 192 Å². The minimum atomic E-state index is -4.62. The Bertz CT molecular complexity index is 1460. The third kappa shape index (κ3) is 32.5. The Labute approximate surface area is 373 Å². The van der Waals surface area contributed by atoms with Gasteiger partial charge in [0.05, 0.1) is 6.61 Å². The van der Waals surface area contributed by atoms with E-state index < -0.39 is 71.2 Å². The molecule has 3 unspecified atom stereocenters. The molecule has 4 N–H and O–H groups in total. The van der Waals surface area contributed by atoms with Crippen molar-refractivity contribution in [1.29, 1.82) is 0 Å². The molecule has 1 saturated heterocycles. The van der Waals surface area contributed by atoms with Gasteiger partial charge in [-0.05, 0) is 83.5 Å². The highest BCUT2D eigenvalue weighted by Gasteiger charge is 2.46. The summed E-state index contributed by atoms with van der Waals surface area (Å²) in [5.74, 6) is -2.14. The fraction of sp³-hybridized carbons (Fsp3) is 0.673. The molecule has 0 aromatic rings. The zero-order valence-corrected chi connectivity index (χ0v) is 38.5. The second-order valence-corrected chi connectivity index (χ2v) is 17.2. The van der Waals surface area contributed by atoms with Crippen LogP contribution in [0.5, 0.6) is 0 Å². The summed E-state index contributed by atoms with van der Waals surface area (Å²) in [6.07, 6.45) is 40.7. The maximum absolute atomic E-state index is 12.8. The van der Waals surface area contributed by atoms with Crippen molar-refractivity contribution in [3.63, 3.8) is 0 Å². The van der Waals surface area contributed by atoms with Gasteiger partial charge in [-0.2, -0.15) is 8.42 Å². The van der Waals surface area contributed by atoms with Crippen LogP contribution in [-0.4, -0.2) is 96.0 Å². The van der Waals surface area contributed by atoms with E-state index in [1.807, 2.05) is 12.2 Å². The maximum atomic E-state index is 12.8. The van der Waals surface area contributed by atoms with Gasteiger partial charge >= 0.3 is 11.9 Å². The van der Waals surface area contributed by atoms with Gasteiger partial charge in [0.1, 0.15) is 36.8 Å². The number of carbonyl (C=O) groups is 2. The number of ether oxygens (including phenoxy) is 4. The van der Waals surface area contributed by atoms with Crippen LogP contribution in [0.15, 0.2) is 85.1 Å². The molecule has 0 saturated carbocycles. The standard InChI is InChI=1S/C49H80O12S/c1-3-5-7-9-11-13-15-17-18-19-20-21-22-23-24-26-27-29-31-33-35-37-44(50)58-39-42(40-59-49-48(54)47(53)46(52)43(61-49)41-62(55,56)57)60-45(51)38-36-34-32-30-28-25-16-14-12-10-8-6-4-2/h11,13,17-18,20-21,23-25,27-29,32,34,42-43,46-49,52-54H,3-10,12,14-16,19,22,26,30-31,33,35-41H2,1-2H3,(H,55,56,57)/b13-11+,18-17+,21-20+,24-23+,28-25+,29-27+,34-32+/t42?,43-,46-,47?,48?,49+/m1/s1. The zero-order chi connectivity index (χ0) is 45.5. The lowest BCUT2D eigenvalue weighted by atomic mass is 10.00. The Morgan fingerprint density at radius 1 is 0.548 bits per heavy atom. The number of aliphatic hydroxyl groups is 3. The summed E-state index contributed by atoms with van der Waals surface area (Å²) in [5.41, 5.74) is 0. The molecule has 0 aliphatic carbocycles. The third-order valence-corrected chi connectivity index (χ3v) is 10.7. The van der Waals surface area contributed by atoms with Gasteiger partial charge in [0.25, 0.3) is 10.1 Å². The van der Waals surface area contributed by atoms with Crippen molar-refractivity contribution >= 4 is 22.1 Å². The number of carbonyl (C=O) groups excluding carboxylic acids is 2. The lowest BCUT2D eigenvalue weighted by molar-refractivity contribution is -0.297. The number of hydrogen-bond donors (Lipinski definition) is 4. The van der Waals surface area contributed by atoms with Crippen molar-refractivity contribution in [3.05, 3.63) is 85.1 Å². The molecule has 1 aliphatic rings. The molecule has 354 valence electrons. The largest absolute Gasteiger partial charge is 0.462 e. The molecular formula is C49H80O12S. The molecule has 0 aromatic carbocycles. The van der Waals surface area contributed by atoms with Crippen molar-refractivity contribution in [1.82, 2.24) is 0 Å². The van der Waals surface area contributed by atoms with Gasteiger partial charge in [-0.15, -0.1) is 0 Å². The number of unbranched alkanes of at least 4 members (excludes halogenated alkanes) is 11. The molecule has 0 bridgehead atoms. The fourth-order valence-electron chi connectivity index (χ4n) is 6.33. The predicted molar refractivity (Wildman–Crippen MR) is 247 cm³/mol. The van der Waals surface area contributed by atoms with Crippen molar-refractivity contribution in [2.75, 3.05) is 19.0 Å². The maximum Gasteiger partial charge on any atom is 0.306 e. The second kappa shape index (κ2) is 38.3. The van der Waals surface area contributed by atoms with Crippen molar-refractivity contribution in [3.8, 4) is 0 Å². The van der Waals surface area contributed by atoms with Gasteiger partial charge in [0.2, 0.25) is 0 Å². The van der Waals surface area contributed by atoms with Gasteiger partial charge in [-0.1, -0.05) is 144 Å². The molecule has 0 radical (unpaired) electrons. The molecule has 1 fully saturated rings. The van der Waals surface area contributed by atoms with Crippen molar-refractivity contribution < 1.29 is 56.8 Å². The normalized spacial score (nSPS) is 20.6. The summed E-state index contributed by atoms with van der Waals surface area (Å²) in [7, 11) is -4.62. The van der Waals surface area contributed by atoms with E-state index >= 15 is 0 Å². The molecule has 0 amide bonds. The monoisotopic (exact) mass is 893 g/mol. The third-order valence-electron chi connectivity index (χ3n) is 9.96. The average molecular weight is 893 g/mol. The van der Waals surface area contributed by atoms with Crippen LogP contribution in [0.25, 0.3) is 0 Å². The molecule has 1 heterocycles. The highest BCUT2D eigenvalue weighted by Crippen LogP contribution is 2.24. The average Bonchev–Trinajstić information content (AvgIpc) is 3.24. The number of rotatable bonds is 37. The SMILES string of the molecule is CCCCC/C=C/C/C=C/C/C=C/C/C=C/C/C=C/CCCCC(=O)OCC(CO[C@H]1O[C@H](CS(=O)(=O)O)[C@@H](O)C(O)C1O)OC(=O)CC/C=C/C/C=C/CCCCCCCC. The van der Waals surface area contributed by atoms with Crippen LogP contribution in [0.2, 0.25) is 0 Å². The van der Waals surface area contributed by atoms with Gasteiger partial charge in [0.15, 0.2) is 12.4 Å². The summed E-state index contributed by atoms with van der Waals surface area (Å²) in [5, 5.41) is 30.9. The first-order valence-corrected chi connectivity index (χ1v) is 24.8. The minimum absolute atomic E-state index is 0.0439. The summed E-state index contributed by atoms with van der Waals surface area (Å²) >= 11 is 0. The first-order chi connectivity index (χ1) is 30.0. The molecular weight excluding hydrogens is 813 g/mol. The zero-order valence-electron chi connectivity index (χ0n) is 37.7. The van der Waals surface area contributed by atoms with Crippen LogP contribution in [0, 0.1) is 0 Å². The summed E-state index contributed by atoms with van der Waals surface area (Å²) in [4.78, 5) is 25.4. The Hall–Kier alpha value is -3.17. The molecule has 62 heavy (non-hydrogen) atoms. The Morgan fingerprint density at radius 3 is 1.53 bits per heavy atom. The molecule has 13 heteroatoms. The number of hydrogen-bond acceptors (Lipinski definition) is 11. The van der Waals surface area contributed by atoms with Gasteiger partial charge in [-0.3, -0.25) is 14.1 Å². The quantitative estimate of drug-likeness (QED) is 0.0201. The highest BCUT2D eigenvalue weighted by atomic mass is 32.2. The number of allylic oxidation sites excluding steroid dienone is 14. The summed E-state index contributed by atoms with van der Waals surface area (Å²) in [6.45, 7) is 3.62. The first kappa shape index (κ1) is 56.8. The Morgan fingerprint density at radius 2 is 1.00 bits per heavy atom. The fourth-order valence-corrected chi connectivity index (χ4v) is 7.03. The first-order valence-electron chi connectivity index (χ1n) is 23.1. The Kier molecular flexibility index (Phi) is 35.1. The second-order valence-electron chi connectivity index (χ2n) is 15.7. The van der Waals surface area contributed by atoms with E-state index in [1.165, 1.54) is 64.2 Å². The number of aliphatic hydroxyl groups excluding tert-OH is 3. The van der Waals surface area contributed by atoms with Crippen LogP contribution in [0.1, 0.15) is 155 Å². The van der Waals surface area contributed by atoms with Crippen LogP contribution >= 0.6 is 0 Å². The van der Waals surface area contributed by atoms with E-state index in [2.05, 4.69) is 86.8 Å². The lowest BCUT2D eigenvalue weighted by Crippen LogP contribution is -2.60. The van der Waals surface area contributed by atoms with Crippen LogP contribution in [-0.2, 0) is 38.7 Å². The van der Waals surface area contributed by atoms with Gasteiger partial charge < -0.3 is 34.3 Å². The van der Waals surface area contributed by atoms with E-state index in [4.69, 9.17) is 18.9 Å². The topological polar surface area (TPSA) is 186 Å². The molecule has 0 spiro atoms. The molecule has 12 nitrogen and oxygen atoms in total.